The molecule has 19 valence electrons. The van der Waals surface area contributed by atoms with Gasteiger partial charge in [0.15, 0.2) is 16.6 Å². The van der Waals surface area contributed by atoms with E-state index >= 15 is 0 Å². The molecule has 2 nitrogen and oxygen atoms in total. The maximum Gasteiger partial charge on any atom is 0.198 e. The van der Waals surface area contributed by atoms with Crippen LogP contribution in [0.25, 0.3) is 0 Å². The fraction of sp³-hybridized carbons (Fsp3) is 0. The van der Waals surface area contributed by atoms with Crippen LogP contribution in [-0.4, -0.2) is 10.4 Å². The van der Waals surface area contributed by atoms with Crippen molar-refractivity contribution in [3.63, 3.8) is 0 Å². The number of hydrogen-bond donors (Lipinski definition) is 1. The summed E-state index contributed by atoms with van der Waals surface area (Å²) in [6.07, 6.45) is 1.59. The van der Waals surface area contributed by atoms with E-state index in [1.165, 1.54) is 0 Å². The number of rotatable bonds is 0. The van der Waals surface area contributed by atoms with Gasteiger partial charge in [-0.2, -0.15) is 5.26 Å². The van der Waals surface area contributed by atoms with Gasteiger partial charge in [0.2, 0.25) is 0 Å². The van der Waals surface area contributed by atoms with Gasteiger partial charge in [0.1, 0.15) is 0 Å². The van der Waals surface area contributed by atoms with Crippen LogP contribution in [0.15, 0.2) is 0 Å². The summed E-state index contributed by atoms with van der Waals surface area (Å²) in [4.78, 5) is 2.04. The molecule has 3 heteroatoms. The molecule has 0 unspecified atom stereocenters. The molecule has 0 bridgehead atoms. The van der Waals surface area contributed by atoms with Crippen LogP contribution in [0.5, 0.6) is 0 Å². The Morgan fingerprint density at radius 2 is 2.25 bits per heavy atom. The van der Waals surface area contributed by atoms with Gasteiger partial charge in [-0.25, -0.2) is 0 Å². The average molecular weight is 69.1 g/mol. The smallest absolute Gasteiger partial charge is 0.198 e. The summed E-state index contributed by atoms with van der Waals surface area (Å²) in [7, 11) is 2.68. The van der Waals surface area contributed by atoms with Crippen LogP contribution < -0.4 is 4.98 Å². The zero-order valence-corrected chi connectivity index (χ0v) is 2.95. The molecule has 1 N–H and O–H groups in total. The summed E-state index contributed by atoms with van der Waals surface area (Å²) in [6, 6.07) is 0. The fourth-order valence-corrected chi connectivity index (χ4v) is 0. The quantitative estimate of drug-likeness (QED) is 0.228. The molecular weight excluding hydrogens is 68.1 g/mol. The Labute approximate surface area is 27.9 Å². The lowest BCUT2D eigenvalue weighted by Gasteiger charge is -1.58. The van der Waals surface area contributed by atoms with Crippen molar-refractivity contribution < 1.29 is 0 Å². The monoisotopic (exact) mass is 69.0 g/mol. The molecule has 4 heavy (non-hydrogen) atoms. The van der Waals surface area contributed by atoms with Crippen LogP contribution in [-0.2, 0) is 0 Å². The highest BCUT2D eigenvalue weighted by molar-refractivity contribution is 6.05. The lowest BCUT2D eigenvalue weighted by atomic mass is 11.5. The number of hydrogen-bond acceptors (Lipinski definition) is 2. The van der Waals surface area contributed by atoms with Gasteiger partial charge >= 0.3 is 0 Å². The Bertz CT molecular complexity index is 35.8. The molecule has 0 aliphatic rings. The Morgan fingerprint density at radius 1 is 2.00 bits per heavy atom. The fourth-order valence-electron chi connectivity index (χ4n) is 0. The van der Waals surface area contributed by atoms with Crippen LogP contribution in [0.4, 0.5) is 0 Å². The molecule has 0 aliphatic heterocycles. The van der Waals surface area contributed by atoms with Gasteiger partial charge in [0, 0.05) is 0 Å². The largest absolute Gasteiger partial charge is 0.351 e. The van der Waals surface area contributed by atoms with Crippen molar-refractivity contribution >= 4 is 10.4 Å². The van der Waals surface area contributed by atoms with Gasteiger partial charge in [-0.05, 0) is 0 Å². The van der Waals surface area contributed by atoms with E-state index in [-0.39, 0.29) is 0 Å². The van der Waals surface area contributed by atoms with Gasteiger partial charge < -0.3 is 4.98 Å². The maximum absolute atomic E-state index is 7.47. The molecule has 0 fully saturated rings. The zero-order chi connectivity index (χ0) is 3.41. The zero-order valence-electron chi connectivity index (χ0n) is 1.95. The standard InChI is InChI=1S/CHN2Si/c2-1-3-4/h3H. The highest BCUT2D eigenvalue weighted by Crippen LogP contribution is 1.14. The molecule has 0 spiro atoms. The first kappa shape index (κ1) is 3.51. The van der Waals surface area contributed by atoms with Gasteiger partial charge in [0.05, 0.1) is 0 Å². The molecule has 0 amide bonds. The van der Waals surface area contributed by atoms with E-state index in [9.17, 15) is 0 Å². The summed E-state index contributed by atoms with van der Waals surface area (Å²) in [5.74, 6) is 0. The predicted molar refractivity (Wildman–Crippen MR) is 14.5 cm³/mol. The van der Waals surface area contributed by atoms with Crippen molar-refractivity contribution in [3.8, 4) is 6.19 Å². The topological polar surface area (TPSA) is 35.8 Å². The summed E-state index contributed by atoms with van der Waals surface area (Å²) in [5, 5.41) is 7.47. The van der Waals surface area contributed by atoms with Crippen molar-refractivity contribution in [3.05, 3.63) is 0 Å². The number of nitrogens with one attached hydrogen (secondary N) is 1. The van der Waals surface area contributed by atoms with Crippen molar-refractivity contribution in [1.82, 2.24) is 4.98 Å². The Kier molecular flexibility index (Phi) is 2.20. The minimum absolute atomic E-state index is 1.59. The molecule has 0 aromatic rings. The van der Waals surface area contributed by atoms with Gasteiger partial charge in [-0.1, -0.05) is 0 Å². The third-order valence-electron chi connectivity index (χ3n) is 0.0559. The Balaban J connectivity index is 2.43. The molecule has 0 saturated heterocycles. The molecule has 3 radical (unpaired) electrons. The van der Waals surface area contributed by atoms with Crippen LogP contribution in [0, 0.1) is 11.5 Å². The first-order valence-electron chi connectivity index (χ1n) is 0.724. The second kappa shape index (κ2) is 2.51. The van der Waals surface area contributed by atoms with E-state index < -0.39 is 0 Å². The first-order chi connectivity index (χ1) is 1.91. The van der Waals surface area contributed by atoms with E-state index in [1.54, 1.807) is 6.19 Å². The number of nitrogens with zero attached hydrogens (tertiary/aromatic N) is 1. The number of nitriles is 1. The summed E-state index contributed by atoms with van der Waals surface area (Å²) in [5.41, 5.74) is 0. The highest BCUT2D eigenvalue weighted by Gasteiger charge is 1.42. The molecule has 0 rings (SSSR count). The summed E-state index contributed by atoms with van der Waals surface area (Å²) in [6.45, 7) is 0. The molecule has 0 atom stereocenters. The van der Waals surface area contributed by atoms with E-state index in [1.807, 2.05) is 4.98 Å². The van der Waals surface area contributed by atoms with Crippen molar-refractivity contribution in [2.45, 2.75) is 0 Å². The third kappa shape index (κ3) is 1.51. The van der Waals surface area contributed by atoms with Gasteiger partial charge in [-0.15, -0.1) is 0 Å². The lowest BCUT2D eigenvalue weighted by molar-refractivity contribution is 1.35. The van der Waals surface area contributed by atoms with Gasteiger partial charge in [0.25, 0.3) is 0 Å². The summed E-state index contributed by atoms with van der Waals surface area (Å²) >= 11 is 0. The molecule has 0 aromatic carbocycles. The molecule has 0 aromatic heterocycles. The van der Waals surface area contributed by atoms with Crippen LogP contribution >= 0.6 is 0 Å². The molecule has 0 heterocycles. The third-order valence-corrected chi connectivity index (χ3v) is 0.168. The van der Waals surface area contributed by atoms with Crippen molar-refractivity contribution in [2.24, 2.45) is 0 Å². The normalized spacial score (nSPS) is 4.00. The molecule has 0 aliphatic carbocycles. The predicted octanol–water partition coefficient (Wildman–Crippen LogP) is -0.859. The molecule has 0 saturated carbocycles. The first-order valence-corrected chi connectivity index (χ1v) is 1.22. The van der Waals surface area contributed by atoms with Crippen molar-refractivity contribution in [1.29, 1.82) is 5.26 Å². The van der Waals surface area contributed by atoms with E-state index in [0.717, 1.165) is 0 Å². The Morgan fingerprint density at radius 3 is 2.25 bits per heavy atom. The van der Waals surface area contributed by atoms with E-state index in [4.69, 9.17) is 5.26 Å². The van der Waals surface area contributed by atoms with E-state index in [0.29, 0.717) is 0 Å². The van der Waals surface area contributed by atoms with E-state index in [2.05, 4.69) is 10.4 Å². The Hall–Kier alpha value is -0.493. The van der Waals surface area contributed by atoms with Crippen molar-refractivity contribution in [2.75, 3.05) is 0 Å². The van der Waals surface area contributed by atoms with Crippen LogP contribution in [0.3, 0.4) is 0 Å². The average Bonchev–Trinajstić information content (AvgIpc) is 1.37. The lowest BCUT2D eigenvalue weighted by Crippen LogP contribution is -1.93. The van der Waals surface area contributed by atoms with Crippen LogP contribution in [0.2, 0.25) is 0 Å². The SMILES string of the molecule is N#CN[Si]. The summed E-state index contributed by atoms with van der Waals surface area (Å²) < 4.78 is 0. The minimum Gasteiger partial charge on any atom is -0.351 e. The maximum atomic E-state index is 7.47. The minimum atomic E-state index is 1.59. The highest BCUT2D eigenvalue weighted by atomic mass is 28.2. The van der Waals surface area contributed by atoms with Gasteiger partial charge in [-0.3, -0.25) is 0 Å². The van der Waals surface area contributed by atoms with Crippen LogP contribution in [0.1, 0.15) is 0 Å². The molecular formula is CHN2Si. The second-order valence-electron chi connectivity index (χ2n) is 0.237. The second-order valence-corrected chi connectivity index (χ2v) is 0.487.